The summed E-state index contributed by atoms with van der Waals surface area (Å²) in [5, 5.41) is 0. The first-order valence-corrected chi connectivity index (χ1v) is 14.7. The zero-order valence-electron chi connectivity index (χ0n) is 22.8. The van der Waals surface area contributed by atoms with E-state index in [1.54, 1.807) is 0 Å². The second kappa shape index (κ2) is 13.0. The third-order valence-electron chi connectivity index (χ3n) is 6.93. The molecule has 2 heteroatoms. The van der Waals surface area contributed by atoms with Crippen LogP contribution in [-0.4, -0.2) is 0 Å². The van der Waals surface area contributed by atoms with Crippen LogP contribution in [0.1, 0.15) is 32.0 Å². The molecule has 1 aromatic heterocycles. The Hall–Kier alpha value is -4.92. The smallest absolute Gasteiger partial charge is 0.0462 e. The lowest BCUT2D eigenvalue weighted by molar-refractivity contribution is 1.24. The molecule has 6 aromatic rings. The summed E-state index contributed by atoms with van der Waals surface area (Å²) < 4.78 is 0. The van der Waals surface area contributed by atoms with Gasteiger partial charge in [-0.05, 0) is 76.9 Å². The van der Waals surface area contributed by atoms with E-state index in [1.807, 2.05) is 11.3 Å². The molecule has 0 spiro atoms. The molecule has 1 heterocycles. The van der Waals surface area contributed by atoms with E-state index in [9.17, 15) is 0 Å². The normalized spacial score (nSPS) is 11.3. The molecule has 5 aromatic carbocycles. The van der Waals surface area contributed by atoms with Crippen molar-refractivity contribution >= 4 is 52.7 Å². The first kappa shape index (κ1) is 26.3. The third kappa shape index (κ3) is 7.00. The first-order chi connectivity index (χ1) is 20.3. The van der Waals surface area contributed by atoms with E-state index in [4.69, 9.17) is 0 Å². The van der Waals surface area contributed by atoms with Crippen molar-refractivity contribution in [2.24, 2.45) is 0 Å². The minimum atomic E-state index is 0.988. The zero-order valence-corrected chi connectivity index (χ0v) is 23.6. The van der Waals surface area contributed by atoms with Crippen molar-refractivity contribution < 1.29 is 0 Å². The Balaban J connectivity index is 1.10. The van der Waals surface area contributed by atoms with Crippen molar-refractivity contribution in [1.82, 2.24) is 0 Å². The molecule has 6 rings (SSSR count). The SMILES string of the molecule is C(=C\c1ccc(N(c2ccccc2)c2ccccc2)cc1)/c1ccc(/C=C/c2ccc(Cc3ccccc3)s2)cc1. The van der Waals surface area contributed by atoms with Crippen LogP contribution in [-0.2, 0) is 6.42 Å². The molecule has 0 atom stereocenters. The minimum Gasteiger partial charge on any atom is -0.311 e. The fraction of sp³-hybridized carbons (Fsp3) is 0.0256. The summed E-state index contributed by atoms with van der Waals surface area (Å²) in [5.41, 5.74) is 8.32. The van der Waals surface area contributed by atoms with Crippen LogP contribution in [0, 0.1) is 0 Å². The molecule has 0 saturated heterocycles. The lowest BCUT2D eigenvalue weighted by Gasteiger charge is -2.25. The molecule has 1 nitrogen and oxygen atoms in total. The van der Waals surface area contributed by atoms with Gasteiger partial charge in [0.25, 0.3) is 0 Å². The molecule has 0 unspecified atom stereocenters. The predicted molar refractivity (Wildman–Crippen MR) is 179 cm³/mol. The van der Waals surface area contributed by atoms with Gasteiger partial charge in [0.2, 0.25) is 0 Å². The summed E-state index contributed by atoms with van der Waals surface area (Å²) in [5.74, 6) is 0. The molecule has 198 valence electrons. The second-order valence-electron chi connectivity index (χ2n) is 9.90. The topological polar surface area (TPSA) is 3.24 Å². The molecule has 0 saturated carbocycles. The average Bonchev–Trinajstić information content (AvgIpc) is 3.49. The Bertz CT molecular complexity index is 1670. The lowest BCUT2D eigenvalue weighted by atomic mass is 10.1. The predicted octanol–water partition coefficient (Wildman–Crippen LogP) is 11.1. The van der Waals surface area contributed by atoms with Crippen LogP contribution in [0.3, 0.4) is 0 Å². The first-order valence-electron chi connectivity index (χ1n) is 13.9. The van der Waals surface area contributed by atoms with Gasteiger partial charge in [0.05, 0.1) is 0 Å². The highest BCUT2D eigenvalue weighted by Crippen LogP contribution is 2.34. The van der Waals surface area contributed by atoms with Crippen molar-refractivity contribution in [3.63, 3.8) is 0 Å². The fourth-order valence-electron chi connectivity index (χ4n) is 4.80. The Morgan fingerprint density at radius 3 is 1.39 bits per heavy atom. The number of para-hydroxylation sites is 2. The van der Waals surface area contributed by atoms with Crippen molar-refractivity contribution in [2.75, 3.05) is 4.90 Å². The van der Waals surface area contributed by atoms with Crippen LogP contribution in [0.2, 0.25) is 0 Å². The van der Waals surface area contributed by atoms with Crippen LogP contribution in [0.25, 0.3) is 24.3 Å². The maximum absolute atomic E-state index is 2.28. The Labute approximate surface area is 247 Å². The molecule has 0 radical (unpaired) electrons. The van der Waals surface area contributed by atoms with Crippen LogP contribution >= 0.6 is 11.3 Å². The van der Waals surface area contributed by atoms with E-state index in [-0.39, 0.29) is 0 Å². The third-order valence-corrected chi connectivity index (χ3v) is 7.98. The van der Waals surface area contributed by atoms with Crippen LogP contribution in [0.15, 0.2) is 152 Å². The fourth-order valence-corrected chi connectivity index (χ4v) is 5.75. The van der Waals surface area contributed by atoms with Gasteiger partial charge in [-0.1, -0.05) is 121 Å². The summed E-state index contributed by atoms with van der Waals surface area (Å²) in [6.45, 7) is 0. The molecule has 0 aliphatic carbocycles. The van der Waals surface area contributed by atoms with Gasteiger partial charge in [-0.3, -0.25) is 0 Å². The minimum absolute atomic E-state index is 0.988. The van der Waals surface area contributed by atoms with E-state index in [1.165, 1.54) is 32.0 Å². The monoisotopic (exact) mass is 545 g/mol. The van der Waals surface area contributed by atoms with E-state index >= 15 is 0 Å². The average molecular weight is 546 g/mol. The number of hydrogen-bond donors (Lipinski definition) is 0. The highest BCUT2D eigenvalue weighted by molar-refractivity contribution is 7.12. The van der Waals surface area contributed by atoms with E-state index < -0.39 is 0 Å². The van der Waals surface area contributed by atoms with Gasteiger partial charge in [0.15, 0.2) is 0 Å². The van der Waals surface area contributed by atoms with Gasteiger partial charge in [0.1, 0.15) is 0 Å². The molecule has 0 bridgehead atoms. The van der Waals surface area contributed by atoms with Gasteiger partial charge in [0, 0.05) is 33.2 Å². The Morgan fingerprint density at radius 1 is 0.415 bits per heavy atom. The quantitative estimate of drug-likeness (QED) is 0.163. The number of anilines is 3. The van der Waals surface area contributed by atoms with Gasteiger partial charge in [-0.15, -0.1) is 11.3 Å². The highest BCUT2D eigenvalue weighted by atomic mass is 32.1. The van der Waals surface area contributed by atoms with Gasteiger partial charge < -0.3 is 4.90 Å². The molecular formula is C39H31NS. The largest absolute Gasteiger partial charge is 0.311 e. The van der Waals surface area contributed by atoms with E-state index in [0.717, 1.165) is 23.5 Å². The van der Waals surface area contributed by atoms with Crippen molar-refractivity contribution in [3.8, 4) is 0 Å². The summed E-state index contributed by atoms with van der Waals surface area (Å²) in [7, 11) is 0. The zero-order chi connectivity index (χ0) is 27.7. The summed E-state index contributed by atoms with van der Waals surface area (Å²) >= 11 is 1.85. The molecule has 0 aliphatic rings. The van der Waals surface area contributed by atoms with Crippen molar-refractivity contribution in [3.05, 3.63) is 184 Å². The second-order valence-corrected chi connectivity index (χ2v) is 11.1. The van der Waals surface area contributed by atoms with Crippen LogP contribution < -0.4 is 4.90 Å². The summed E-state index contributed by atoms with van der Waals surface area (Å²) in [4.78, 5) is 4.94. The van der Waals surface area contributed by atoms with Crippen LogP contribution in [0.4, 0.5) is 17.1 Å². The number of benzene rings is 5. The Kier molecular flexibility index (Phi) is 8.31. The summed E-state index contributed by atoms with van der Waals surface area (Å²) in [6, 6.07) is 53.5. The number of nitrogens with zero attached hydrogens (tertiary/aromatic N) is 1. The van der Waals surface area contributed by atoms with E-state index in [0.29, 0.717) is 0 Å². The van der Waals surface area contributed by atoms with Gasteiger partial charge >= 0.3 is 0 Å². The maximum atomic E-state index is 2.28. The molecule has 0 amide bonds. The van der Waals surface area contributed by atoms with E-state index in [2.05, 4.69) is 181 Å². The number of rotatable bonds is 9. The van der Waals surface area contributed by atoms with Crippen LogP contribution in [0.5, 0.6) is 0 Å². The maximum Gasteiger partial charge on any atom is 0.0462 e. The highest BCUT2D eigenvalue weighted by Gasteiger charge is 2.11. The molecule has 41 heavy (non-hydrogen) atoms. The van der Waals surface area contributed by atoms with Gasteiger partial charge in [-0.2, -0.15) is 0 Å². The van der Waals surface area contributed by atoms with Gasteiger partial charge in [-0.25, -0.2) is 0 Å². The van der Waals surface area contributed by atoms with Crippen molar-refractivity contribution in [1.29, 1.82) is 0 Å². The van der Waals surface area contributed by atoms with Crippen molar-refractivity contribution in [2.45, 2.75) is 6.42 Å². The molecule has 0 fully saturated rings. The molecular weight excluding hydrogens is 515 g/mol. The molecule has 0 aliphatic heterocycles. The summed E-state index contributed by atoms with van der Waals surface area (Å²) in [6.07, 6.45) is 9.73. The number of thiophene rings is 1. The lowest BCUT2D eigenvalue weighted by Crippen LogP contribution is -2.09. The standard InChI is InChI=1S/C39H31NS/c1-4-10-34(11-5-1)30-39-29-28-38(41-39)27-24-32-19-16-31(17-20-32)18-21-33-22-25-37(26-23-33)40(35-12-6-2-7-13-35)36-14-8-3-9-15-36/h1-29H,30H2/b21-18+,27-24+. The number of hydrogen-bond acceptors (Lipinski definition) is 2. The Morgan fingerprint density at radius 2 is 0.854 bits per heavy atom. The molecule has 0 N–H and O–H groups in total.